The van der Waals surface area contributed by atoms with E-state index in [2.05, 4.69) is 25.8 Å². The standard InChI is InChI=1S/C21H17N5O5/c27-16-11-25-24-10-15(16)20(29)23-9-13-6-4-12(5-7-13)8-22-19(28)14-2-1-3-17-18(14)26-21(30)31-17/h1-7,10-11H,8-9H2,(H,22,28)(H,23,29)(H,24,27)(H,26,30). The van der Waals surface area contributed by atoms with E-state index >= 15 is 0 Å². The molecular weight excluding hydrogens is 402 g/mol. The van der Waals surface area contributed by atoms with Crippen LogP contribution in [0, 0.1) is 0 Å². The summed E-state index contributed by atoms with van der Waals surface area (Å²) in [5, 5.41) is 11.5. The van der Waals surface area contributed by atoms with Crippen LogP contribution in [0.1, 0.15) is 31.8 Å². The molecular formula is C21H17N5O5. The smallest absolute Gasteiger partial charge is 0.408 e. The van der Waals surface area contributed by atoms with E-state index in [1.54, 1.807) is 18.2 Å². The average molecular weight is 419 g/mol. The zero-order chi connectivity index (χ0) is 21.8. The van der Waals surface area contributed by atoms with Crippen molar-refractivity contribution in [3.05, 3.63) is 97.9 Å². The van der Waals surface area contributed by atoms with Crippen molar-refractivity contribution in [2.75, 3.05) is 0 Å². The van der Waals surface area contributed by atoms with Crippen molar-refractivity contribution in [2.45, 2.75) is 13.1 Å². The first-order valence-electron chi connectivity index (χ1n) is 9.30. The summed E-state index contributed by atoms with van der Waals surface area (Å²) in [5.74, 6) is -1.46. The molecule has 2 aromatic heterocycles. The summed E-state index contributed by atoms with van der Waals surface area (Å²) >= 11 is 0. The fourth-order valence-electron chi connectivity index (χ4n) is 3.01. The molecule has 4 rings (SSSR count). The van der Waals surface area contributed by atoms with Crippen LogP contribution >= 0.6 is 0 Å². The molecule has 0 unspecified atom stereocenters. The highest BCUT2D eigenvalue weighted by molar-refractivity contribution is 6.04. The van der Waals surface area contributed by atoms with E-state index in [1.165, 1.54) is 6.20 Å². The largest absolute Gasteiger partial charge is 0.417 e. The number of carbonyl (C=O) groups is 2. The third kappa shape index (κ3) is 4.42. The first-order valence-corrected chi connectivity index (χ1v) is 9.30. The van der Waals surface area contributed by atoms with Gasteiger partial charge in [-0.1, -0.05) is 30.3 Å². The Labute approximate surface area is 174 Å². The number of amides is 2. The highest BCUT2D eigenvalue weighted by Crippen LogP contribution is 2.15. The van der Waals surface area contributed by atoms with E-state index in [9.17, 15) is 19.2 Å². The number of oxazole rings is 1. The fourth-order valence-corrected chi connectivity index (χ4v) is 3.01. The number of nitrogens with zero attached hydrogens (tertiary/aromatic N) is 1. The molecule has 0 atom stereocenters. The predicted molar refractivity (Wildman–Crippen MR) is 110 cm³/mol. The zero-order valence-electron chi connectivity index (χ0n) is 16.1. The summed E-state index contributed by atoms with van der Waals surface area (Å²) < 4.78 is 4.97. The first kappa shape index (κ1) is 19.8. The van der Waals surface area contributed by atoms with Crippen LogP contribution in [0.15, 0.2) is 68.9 Å². The highest BCUT2D eigenvalue weighted by Gasteiger charge is 2.13. The van der Waals surface area contributed by atoms with Crippen LogP contribution in [0.2, 0.25) is 0 Å². The van der Waals surface area contributed by atoms with Gasteiger partial charge in [-0.05, 0) is 23.3 Å². The summed E-state index contributed by atoms with van der Waals surface area (Å²) in [4.78, 5) is 50.1. The summed E-state index contributed by atoms with van der Waals surface area (Å²) in [6.45, 7) is 0.513. The molecule has 0 aliphatic rings. The number of aromatic nitrogens is 3. The zero-order valence-corrected chi connectivity index (χ0v) is 16.1. The number of para-hydroxylation sites is 1. The Kier molecular flexibility index (Phi) is 5.43. The molecule has 0 aliphatic carbocycles. The van der Waals surface area contributed by atoms with Gasteiger partial charge in [-0.15, -0.1) is 0 Å². The Hall–Kier alpha value is -4.47. The number of fused-ring (bicyclic) bond motifs is 1. The lowest BCUT2D eigenvalue weighted by molar-refractivity contribution is 0.0942. The maximum absolute atomic E-state index is 12.5. The molecule has 2 aromatic carbocycles. The van der Waals surface area contributed by atoms with E-state index in [0.717, 1.165) is 17.3 Å². The highest BCUT2D eigenvalue weighted by atomic mass is 16.4. The number of carbonyl (C=O) groups excluding carboxylic acids is 2. The molecule has 0 aliphatic heterocycles. The van der Waals surface area contributed by atoms with Gasteiger partial charge in [-0.3, -0.25) is 24.5 Å². The Balaban J connectivity index is 1.35. The quantitative estimate of drug-likeness (QED) is 0.367. The van der Waals surface area contributed by atoms with Crippen LogP contribution in [0.3, 0.4) is 0 Å². The number of rotatable bonds is 6. The van der Waals surface area contributed by atoms with Gasteiger partial charge in [-0.2, -0.15) is 5.10 Å². The van der Waals surface area contributed by atoms with Gasteiger partial charge in [0, 0.05) is 19.3 Å². The number of benzene rings is 2. The molecule has 10 nitrogen and oxygen atoms in total. The molecule has 0 saturated heterocycles. The summed E-state index contributed by atoms with van der Waals surface area (Å²) in [5.41, 5.74) is 2.19. The average Bonchev–Trinajstić information content (AvgIpc) is 3.17. The van der Waals surface area contributed by atoms with Gasteiger partial charge in [0.25, 0.3) is 11.8 Å². The molecule has 2 amide bonds. The monoisotopic (exact) mass is 419 g/mol. The molecule has 31 heavy (non-hydrogen) atoms. The predicted octanol–water partition coefficient (Wildman–Crippen LogP) is 1.06. The maximum atomic E-state index is 12.5. The minimum atomic E-state index is -0.619. The van der Waals surface area contributed by atoms with Crippen LogP contribution in [0.5, 0.6) is 0 Å². The third-order valence-corrected chi connectivity index (χ3v) is 4.60. The van der Waals surface area contributed by atoms with E-state index in [4.69, 9.17) is 4.42 Å². The van der Waals surface area contributed by atoms with Gasteiger partial charge in [0.2, 0.25) is 5.43 Å². The van der Waals surface area contributed by atoms with Gasteiger partial charge >= 0.3 is 5.76 Å². The molecule has 0 radical (unpaired) electrons. The topological polar surface area (TPSA) is 150 Å². The van der Waals surface area contributed by atoms with Gasteiger partial charge < -0.3 is 15.1 Å². The van der Waals surface area contributed by atoms with Gasteiger partial charge in [-0.25, -0.2) is 4.79 Å². The van der Waals surface area contributed by atoms with Gasteiger partial charge in [0.05, 0.1) is 17.3 Å². The lowest BCUT2D eigenvalue weighted by Gasteiger charge is -2.08. The lowest BCUT2D eigenvalue weighted by atomic mass is 10.1. The normalized spacial score (nSPS) is 10.7. The molecule has 10 heteroatoms. The lowest BCUT2D eigenvalue weighted by Crippen LogP contribution is -2.28. The minimum Gasteiger partial charge on any atom is -0.408 e. The van der Waals surface area contributed by atoms with E-state index in [1.807, 2.05) is 24.3 Å². The second kappa shape index (κ2) is 8.49. The van der Waals surface area contributed by atoms with Crippen LogP contribution in [-0.2, 0) is 13.1 Å². The molecule has 0 fully saturated rings. The molecule has 0 bridgehead atoms. The minimum absolute atomic E-state index is 0.0108. The van der Waals surface area contributed by atoms with Crippen molar-refractivity contribution >= 4 is 22.9 Å². The number of hydrogen-bond acceptors (Lipinski definition) is 6. The first-order chi connectivity index (χ1) is 15.0. The van der Waals surface area contributed by atoms with E-state index in [0.29, 0.717) is 16.7 Å². The van der Waals surface area contributed by atoms with Crippen molar-refractivity contribution in [1.82, 2.24) is 25.8 Å². The molecule has 0 spiro atoms. The SMILES string of the molecule is O=C(NCc1ccc(CNC(=O)c2cccc3oc(=O)[nH]c23)cc1)c1c[nH]ncc1=O. The summed E-state index contributed by atoms with van der Waals surface area (Å²) in [6, 6.07) is 12.1. The number of nitrogens with one attached hydrogen (secondary N) is 4. The van der Waals surface area contributed by atoms with Crippen molar-refractivity contribution < 1.29 is 14.0 Å². The van der Waals surface area contributed by atoms with Crippen molar-refractivity contribution in [3.8, 4) is 0 Å². The molecule has 0 saturated carbocycles. The number of hydrogen-bond donors (Lipinski definition) is 4. The maximum Gasteiger partial charge on any atom is 0.417 e. The molecule has 4 aromatic rings. The third-order valence-electron chi connectivity index (χ3n) is 4.60. The van der Waals surface area contributed by atoms with Crippen LogP contribution in [0.25, 0.3) is 11.1 Å². The molecule has 2 heterocycles. The Bertz CT molecular complexity index is 1370. The fraction of sp³-hybridized carbons (Fsp3) is 0.0952. The van der Waals surface area contributed by atoms with Crippen molar-refractivity contribution in [2.24, 2.45) is 0 Å². The van der Waals surface area contributed by atoms with Crippen LogP contribution in [-0.4, -0.2) is 27.0 Å². The molecule has 4 N–H and O–H groups in total. The van der Waals surface area contributed by atoms with Crippen LogP contribution < -0.4 is 21.8 Å². The van der Waals surface area contributed by atoms with Crippen LogP contribution in [0.4, 0.5) is 0 Å². The van der Waals surface area contributed by atoms with Gasteiger partial charge in [0.1, 0.15) is 5.56 Å². The van der Waals surface area contributed by atoms with E-state index < -0.39 is 17.1 Å². The Morgan fingerprint density at radius 3 is 2.19 bits per heavy atom. The van der Waals surface area contributed by atoms with Crippen molar-refractivity contribution in [1.29, 1.82) is 0 Å². The van der Waals surface area contributed by atoms with Crippen molar-refractivity contribution in [3.63, 3.8) is 0 Å². The second-order valence-corrected chi connectivity index (χ2v) is 6.68. The van der Waals surface area contributed by atoms with Gasteiger partial charge in [0.15, 0.2) is 5.58 Å². The Morgan fingerprint density at radius 2 is 1.55 bits per heavy atom. The number of H-pyrrole nitrogens is 2. The Morgan fingerprint density at radius 1 is 0.903 bits per heavy atom. The molecule has 156 valence electrons. The summed E-state index contributed by atoms with van der Waals surface area (Å²) in [7, 11) is 0. The second-order valence-electron chi connectivity index (χ2n) is 6.68. The summed E-state index contributed by atoms with van der Waals surface area (Å²) in [6.07, 6.45) is 2.30. The number of aromatic amines is 2. The van der Waals surface area contributed by atoms with E-state index in [-0.39, 0.29) is 24.6 Å².